The van der Waals surface area contributed by atoms with Crippen LogP contribution in [0.15, 0.2) is 42.5 Å². The number of nitrogens with zero attached hydrogens (tertiary/aromatic N) is 4. The van der Waals surface area contributed by atoms with Crippen LogP contribution in [-0.2, 0) is 10.2 Å². The number of benzene rings is 2. The van der Waals surface area contributed by atoms with E-state index in [0.29, 0.717) is 16.5 Å². The molecule has 0 aliphatic rings. The largest absolute Gasteiger partial charge is 0.325 e. The number of halogens is 2. The highest BCUT2D eigenvalue weighted by Gasteiger charge is 2.30. The van der Waals surface area contributed by atoms with E-state index < -0.39 is 11.2 Å². The number of carbonyl (C=O) groups is 1. The summed E-state index contributed by atoms with van der Waals surface area (Å²) in [6, 6.07) is 11.3. The van der Waals surface area contributed by atoms with Crippen LogP contribution in [0, 0.1) is 12.7 Å². The highest BCUT2D eigenvalue weighted by molar-refractivity contribution is 6.30. The van der Waals surface area contributed by atoms with E-state index in [2.05, 4.69) is 20.8 Å². The van der Waals surface area contributed by atoms with E-state index in [1.807, 2.05) is 26.0 Å². The fraction of sp³-hybridized carbons (Fsp3) is 0.222. The zero-order chi connectivity index (χ0) is 18.9. The maximum Gasteiger partial charge on any atom is 0.234 e. The molecule has 1 aromatic heterocycles. The average Bonchev–Trinajstić information content (AvgIpc) is 3.02. The Morgan fingerprint density at radius 3 is 2.50 bits per heavy atom. The van der Waals surface area contributed by atoms with Crippen LogP contribution in [0.25, 0.3) is 5.69 Å². The number of aryl methyl sites for hydroxylation is 1. The maximum atomic E-state index is 14.1. The number of carbonyl (C=O) groups excluding carboxylic acids is 1. The van der Waals surface area contributed by atoms with E-state index in [9.17, 15) is 9.18 Å². The number of rotatable bonds is 4. The lowest BCUT2D eigenvalue weighted by atomic mass is 9.83. The Hall–Kier alpha value is -2.80. The summed E-state index contributed by atoms with van der Waals surface area (Å²) in [6.45, 7) is 5.28. The predicted octanol–water partition coefficient (Wildman–Crippen LogP) is 3.68. The van der Waals surface area contributed by atoms with E-state index in [1.54, 1.807) is 19.1 Å². The molecule has 1 heterocycles. The topological polar surface area (TPSA) is 72.7 Å². The Morgan fingerprint density at radius 2 is 1.88 bits per heavy atom. The van der Waals surface area contributed by atoms with Crippen molar-refractivity contribution in [1.29, 1.82) is 0 Å². The van der Waals surface area contributed by atoms with Crippen molar-refractivity contribution in [2.45, 2.75) is 26.2 Å². The molecule has 0 aliphatic heterocycles. The molecular weight excluding hydrogens is 357 g/mol. The molecule has 134 valence electrons. The van der Waals surface area contributed by atoms with E-state index >= 15 is 0 Å². The van der Waals surface area contributed by atoms with Crippen LogP contribution in [0.1, 0.15) is 25.2 Å². The molecule has 0 bridgehead atoms. The number of hydrogen-bond donors (Lipinski definition) is 1. The van der Waals surface area contributed by atoms with Gasteiger partial charge >= 0.3 is 0 Å². The third-order valence-electron chi connectivity index (χ3n) is 4.19. The summed E-state index contributed by atoms with van der Waals surface area (Å²) in [5.74, 6) is -0.282. The van der Waals surface area contributed by atoms with Crippen LogP contribution in [0.5, 0.6) is 0 Å². The van der Waals surface area contributed by atoms with Gasteiger partial charge in [0.05, 0.1) is 5.41 Å². The number of aromatic nitrogens is 4. The summed E-state index contributed by atoms with van der Waals surface area (Å²) >= 11 is 5.91. The van der Waals surface area contributed by atoms with E-state index in [0.717, 1.165) is 5.56 Å². The molecule has 3 rings (SSSR count). The quantitative estimate of drug-likeness (QED) is 0.757. The Bertz CT molecular complexity index is 952. The van der Waals surface area contributed by atoms with Gasteiger partial charge in [0.2, 0.25) is 5.91 Å². The van der Waals surface area contributed by atoms with Crippen LogP contribution in [0.2, 0.25) is 5.02 Å². The molecule has 0 saturated heterocycles. The number of amides is 1. The molecule has 0 spiro atoms. The summed E-state index contributed by atoms with van der Waals surface area (Å²) in [5, 5.41) is 14.4. The zero-order valence-corrected chi connectivity index (χ0v) is 15.3. The first kappa shape index (κ1) is 18.0. The Labute approximate surface area is 155 Å². The van der Waals surface area contributed by atoms with Gasteiger partial charge in [-0.1, -0.05) is 23.7 Å². The Balaban J connectivity index is 1.88. The van der Waals surface area contributed by atoms with Crippen molar-refractivity contribution in [3.05, 3.63) is 64.7 Å². The Morgan fingerprint density at radius 1 is 1.19 bits per heavy atom. The second-order valence-electron chi connectivity index (χ2n) is 6.39. The monoisotopic (exact) mass is 373 g/mol. The molecule has 1 amide bonds. The molecule has 0 fully saturated rings. The number of tetrazole rings is 1. The molecule has 26 heavy (non-hydrogen) atoms. The maximum absolute atomic E-state index is 14.1. The third-order valence-corrected chi connectivity index (χ3v) is 4.44. The highest BCUT2D eigenvalue weighted by Crippen LogP contribution is 2.27. The van der Waals surface area contributed by atoms with Gasteiger partial charge in [0.1, 0.15) is 11.5 Å². The van der Waals surface area contributed by atoms with Crippen molar-refractivity contribution in [2.75, 3.05) is 5.32 Å². The molecule has 8 heteroatoms. The molecule has 3 aromatic rings. The van der Waals surface area contributed by atoms with Crippen molar-refractivity contribution in [2.24, 2.45) is 0 Å². The first-order valence-corrected chi connectivity index (χ1v) is 8.29. The molecule has 0 aliphatic carbocycles. The van der Waals surface area contributed by atoms with Crippen LogP contribution < -0.4 is 5.32 Å². The summed E-state index contributed by atoms with van der Waals surface area (Å²) in [4.78, 5) is 12.8. The van der Waals surface area contributed by atoms with Crippen molar-refractivity contribution < 1.29 is 9.18 Å². The first-order chi connectivity index (χ1) is 12.3. The molecule has 0 atom stereocenters. The molecule has 0 unspecified atom stereocenters. The smallest absolute Gasteiger partial charge is 0.234 e. The van der Waals surface area contributed by atoms with Crippen LogP contribution in [0.4, 0.5) is 10.1 Å². The highest BCUT2D eigenvalue weighted by atomic mass is 35.5. The minimum absolute atomic E-state index is 0.162. The van der Waals surface area contributed by atoms with E-state index in [-0.39, 0.29) is 11.6 Å². The van der Waals surface area contributed by atoms with Gasteiger partial charge in [0.15, 0.2) is 5.82 Å². The normalized spacial score (nSPS) is 11.4. The van der Waals surface area contributed by atoms with Crippen LogP contribution >= 0.6 is 11.6 Å². The molecule has 1 N–H and O–H groups in total. The van der Waals surface area contributed by atoms with Crippen molar-refractivity contribution in [3.63, 3.8) is 0 Å². The fourth-order valence-corrected chi connectivity index (χ4v) is 2.62. The fourth-order valence-electron chi connectivity index (χ4n) is 2.49. The first-order valence-electron chi connectivity index (χ1n) is 7.91. The van der Waals surface area contributed by atoms with Crippen molar-refractivity contribution >= 4 is 23.2 Å². The minimum Gasteiger partial charge on any atom is -0.325 e. The second kappa shape index (κ2) is 6.84. The molecule has 6 nitrogen and oxygen atoms in total. The van der Waals surface area contributed by atoms with Gasteiger partial charge in [-0.25, -0.2) is 4.39 Å². The predicted molar refractivity (Wildman–Crippen MR) is 97.0 cm³/mol. The van der Waals surface area contributed by atoms with E-state index in [1.165, 1.54) is 22.9 Å². The minimum atomic E-state index is -0.802. The number of hydrogen-bond acceptors (Lipinski definition) is 4. The number of nitrogens with one attached hydrogen (secondary N) is 1. The van der Waals surface area contributed by atoms with Gasteiger partial charge in [0, 0.05) is 10.7 Å². The lowest BCUT2D eigenvalue weighted by Crippen LogP contribution is -2.34. The molecular formula is C18H17ClFN5O. The van der Waals surface area contributed by atoms with E-state index in [4.69, 9.17) is 11.6 Å². The lowest BCUT2D eigenvalue weighted by molar-refractivity contribution is -0.120. The van der Waals surface area contributed by atoms with Crippen molar-refractivity contribution in [1.82, 2.24) is 20.2 Å². The number of anilines is 1. The molecule has 0 saturated carbocycles. The zero-order valence-electron chi connectivity index (χ0n) is 14.5. The SMILES string of the molecule is Cc1nnnn1-c1cc(NC(=O)C(C)(C)c2ccc(Cl)cc2)ccc1F. The van der Waals surface area contributed by atoms with Crippen molar-refractivity contribution in [3.8, 4) is 5.69 Å². The van der Waals surface area contributed by atoms with Gasteiger partial charge in [-0.05, 0) is 67.1 Å². The summed E-state index contributed by atoms with van der Waals surface area (Å²) in [7, 11) is 0. The molecule has 2 aromatic carbocycles. The standard InChI is InChI=1S/C18H17ClFN5O/c1-11-22-23-24-25(11)16-10-14(8-9-15(16)20)21-17(26)18(2,3)12-4-6-13(19)7-5-12/h4-10H,1-3H3,(H,21,26). The van der Waals surface area contributed by atoms with Crippen LogP contribution in [-0.4, -0.2) is 26.1 Å². The third kappa shape index (κ3) is 3.43. The lowest BCUT2D eigenvalue weighted by Gasteiger charge is -2.24. The summed E-state index contributed by atoms with van der Waals surface area (Å²) in [6.07, 6.45) is 0. The van der Waals surface area contributed by atoms with Gasteiger partial charge in [0.25, 0.3) is 0 Å². The van der Waals surface area contributed by atoms with Gasteiger partial charge in [-0.2, -0.15) is 4.68 Å². The van der Waals surface area contributed by atoms with Crippen LogP contribution in [0.3, 0.4) is 0 Å². The second-order valence-corrected chi connectivity index (χ2v) is 6.83. The molecule has 0 radical (unpaired) electrons. The Kier molecular flexibility index (Phi) is 4.73. The van der Waals surface area contributed by atoms with Gasteiger partial charge in [-0.15, -0.1) is 5.10 Å². The average molecular weight is 374 g/mol. The summed E-state index contributed by atoms with van der Waals surface area (Å²) < 4.78 is 15.4. The van der Waals surface area contributed by atoms with Gasteiger partial charge < -0.3 is 5.32 Å². The van der Waals surface area contributed by atoms with Gasteiger partial charge in [-0.3, -0.25) is 4.79 Å². The summed E-state index contributed by atoms with van der Waals surface area (Å²) in [5.41, 5.74) is 0.625.